The Labute approximate surface area is 198 Å². The van der Waals surface area contributed by atoms with Crippen LogP contribution in [0.15, 0.2) is 34.9 Å². The molecule has 33 heavy (non-hydrogen) atoms. The molecule has 0 spiro atoms. The van der Waals surface area contributed by atoms with Crippen LogP contribution in [0.4, 0.5) is 5.69 Å². The van der Waals surface area contributed by atoms with Gasteiger partial charge in [-0.25, -0.2) is 4.79 Å². The number of nitro groups is 1. The van der Waals surface area contributed by atoms with Crippen LogP contribution in [0, 0.1) is 16.0 Å². The summed E-state index contributed by atoms with van der Waals surface area (Å²) < 4.78 is 6.40. The van der Waals surface area contributed by atoms with E-state index in [1.54, 1.807) is 0 Å². The number of non-ortho nitro benzene ring substituents is 1. The first-order valence-corrected chi connectivity index (χ1v) is 14.5. The minimum Gasteiger partial charge on any atom is -0.477 e. The standard InChI is InChI=1S/C22H30N2O7SSi/c1-12(31-33(5,6)22(2,3)4)16-19(26)23-17(21(27)28)18(32-20(16)23)15(25)11-13-7-9-14(10-8-13)24(29)30/h7-10,12,15-16,20,25H,11H2,1-6H3,(H,27,28)/t12-,15?,16+,20-/m1/s1. The van der Waals surface area contributed by atoms with Crippen molar-refractivity contribution < 1.29 is 29.2 Å². The molecular formula is C22H30N2O7SSi. The van der Waals surface area contributed by atoms with Gasteiger partial charge in [0.05, 0.1) is 23.0 Å². The highest BCUT2D eigenvalue weighted by molar-refractivity contribution is 8.04. The van der Waals surface area contributed by atoms with Crippen molar-refractivity contribution >= 4 is 37.6 Å². The van der Waals surface area contributed by atoms with Crippen molar-refractivity contribution in [3.05, 3.63) is 50.5 Å². The van der Waals surface area contributed by atoms with Crippen LogP contribution in [-0.4, -0.2) is 57.8 Å². The summed E-state index contributed by atoms with van der Waals surface area (Å²) in [6.45, 7) is 12.4. The van der Waals surface area contributed by atoms with Gasteiger partial charge in [0.25, 0.3) is 5.69 Å². The molecule has 1 unspecified atom stereocenters. The molecule has 0 aromatic heterocycles. The molecule has 1 saturated heterocycles. The fourth-order valence-electron chi connectivity index (χ4n) is 3.82. The zero-order valence-electron chi connectivity index (χ0n) is 19.6. The number of carbonyl (C=O) groups is 2. The second kappa shape index (κ2) is 8.86. The summed E-state index contributed by atoms with van der Waals surface area (Å²) in [4.78, 5) is 36.7. The van der Waals surface area contributed by atoms with Crippen molar-refractivity contribution in [3.8, 4) is 0 Å². The second-order valence-corrected chi connectivity index (χ2v) is 15.9. The van der Waals surface area contributed by atoms with Crippen LogP contribution in [0.1, 0.15) is 33.3 Å². The highest BCUT2D eigenvalue weighted by Crippen LogP contribution is 2.52. The topological polar surface area (TPSA) is 130 Å². The van der Waals surface area contributed by atoms with Crippen molar-refractivity contribution in [3.63, 3.8) is 0 Å². The molecule has 0 saturated carbocycles. The number of aliphatic hydroxyl groups excluding tert-OH is 1. The molecule has 2 N–H and O–H groups in total. The highest BCUT2D eigenvalue weighted by atomic mass is 32.2. The molecule has 4 atom stereocenters. The summed E-state index contributed by atoms with van der Waals surface area (Å²) in [5.41, 5.74) is 0.361. The molecule has 1 aromatic rings. The van der Waals surface area contributed by atoms with E-state index in [0.29, 0.717) is 5.56 Å². The Balaban J connectivity index is 1.78. The summed E-state index contributed by atoms with van der Waals surface area (Å²) in [6.07, 6.45) is -1.46. The maximum Gasteiger partial charge on any atom is 0.353 e. The van der Waals surface area contributed by atoms with Crippen LogP contribution >= 0.6 is 11.8 Å². The van der Waals surface area contributed by atoms with Gasteiger partial charge in [-0.3, -0.25) is 19.8 Å². The first kappa shape index (κ1) is 25.4. The highest BCUT2D eigenvalue weighted by Gasteiger charge is 2.59. The zero-order chi connectivity index (χ0) is 24.9. The Morgan fingerprint density at radius 3 is 2.36 bits per heavy atom. The Morgan fingerprint density at radius 1 is 1.30 bits per heavy atom. The van der Waals surface area contributed by atoms with E-state index in [9.17, 15) is 29.9 Å². The van der Waals surface area contributed by atoms with Crippen LogP contribution in [0.2, 0.25) is 18.1 Å². The SMILES string of the molecule is C[C@@H](O[Si](C)(C)C(C)(C)C)[C@H]1C(=O)N2C(C(=O)O)=C(C(O)Cc3ccc([N+](=O)[O-])cc3)S[C@H]12. The molecule has 1 aromatic carbocycles. The van der Waals surface area contributed by atoms with E-state index in [0.717, 1.165) is 0 Å². The quantitative estimate of drug-likeness (QED) is 0.242. The second-order valence-electron chi connectivity index (χ2n) is 9.99. The Kier molecular flexibility index (Phi) is 6.82. The number of carboxylic acid groups (broad SMARTS) is 1. The molecule has 9 nitrogen and oxygen atoms in total. The van der Waals surface area contributed by atoms with Gasteiger partial charge < -0.3 is 14.6 Å². The van der Waals surface area contributed by atoms with Gasteiger partial charge in [0.1, 0.15) is 11.1 Å². The van der Waals surface area contributed by atoms with E-state index in [4.69, 9.17) is 4.43 Å². The third kappa shape index (κ3) is 4.72. The van der Waals surface area contributed by atoms with Crippen LogP contribution in [0.5, 0.6) is 0 Å². The van der Waals surface area contributed by atoms with Crippen molar-refractivity contribution in [2.75, 3.05) is 0 Å². The molecule has 3 rings (SSSR count). The van der Waals surface area contributed by atoms with Gasteiger partial charge in [-0.05, 0) is 30.6 Å². The summed E-state index contributed by atoms with van der Waals surface area (Å²) >= 11 is 1.19. The zero-order valence-corrected chi connectivity index (χ0v) is 21.4. The minimum atomic E-state index is -2.14. The van der Waals surface area contributed by atoms with Gasteiger partial charge in [0.2, 0.25) is 5.91 Å². The third-order valence-electron chi connectivity index (χ3n) is 6.68. The van der Waals surface area contributed by atoms with Gasteiger partial charge in [-0.15, -0.1) is 0 Å². The lowest BCUT2D eigenvalue weighted by Gasteiger charge is -2.48. The van der Waals surface area contributed by atoms with Crippen molar-refractivity contribution in [1.82, 2.24) is 4.90 Å². The molecule has 1 fully saturated rings. The number of nitro benzene ring substituents is 1. The number of aliphatic hydroxyl groups is 1. The third-order valence-corrected chi connectivity index (χ3v) is 12.7. The molecule has 2 heterocycles. The molecule has 0 radical (unpaired) electrons. The number of β-lactam (4-membered cyclic amide) rings is 1. The summed E-state index contributed by atoms with van der Waals surface area (Å²) in [5.74, 6) is -2.08. The lowest BCUT2D eigenvalue weighted by atomic mass is 9.92. The van der Waals surface area contributed by atoms with E-state index in [-0.39, 0.29) is 39.8 Å². The van der Waals surface area contributed by atoms with Crippen LogP contribution in [-0.2, 0) is 20.4 Å². The van der Waals surface area contributed by atoms with Crippen molar-refractivity contribution in [2.45, 2.75) is 69.8 Å². The number of carboxylic acids is 1. The molecule has 0 aliphatic carbocycles. The van der Waals surface area contributed by atoms with E-state index in [1.807, 2.05) is 6.92 Å². The Hall–Kier alpha value is -2.21. The normalized spacial score (nSPS) is 22.6. The van der Waals surface area contributed by atoms with E-state index in [2.05, 4.69) is 33.9 Å². The molecular weight excluding hydrogens is 464 g/mol. The molecule has 11 heteroatoms. The number of rotatable bonds is 8. The molecule has 0 bridgehead atoms. The number of hydrogen-bond donors (Lipinski definition) is 2. The number of carbonyl (C=O) groups excluding carboxylic acids is 1. The number of hydrogen-bond acceptors (Lipinski definition) is 7. The fraction of sp³-hybridized carbons (Fsp3) is 0.545. The van der Waals surface area contributed by atoms with Gasteiger partial charge in [0.15, 0.2) is 8.32 Å². The average molecular weight is 495 g/mol. The van der Waals surface area contributed by atoms with Crippen molar-refractivity contribution in [2.24, 2.45) is 5.92 Å². The summed E-state index contributed by atoms with van der Waals surface area (Å²) in [5, 5.41) is 31.0. The summed E-state index contributed by atoms with van der Waals surface area (Å²) in [7, 11) is -2.14. The Bertz CT molecular complexity index is 1000. The minimum absolute atomic E-state index is 0.0346. The Morgan fingerprint density at radius 2 is 1.88 bits per heavy atom. The molecule has 180 valence electrons. The maximum atomic E-state index is 13.0. The molecule has 1 amide bonds. The van der Waals surface area contributed by atoms with Crippen LogP contribution < -0.4 is 0 Å². The monoisotopic (exact) mass is 494 g/mol. The van der Waals surface area contributed by atoms with E-state index >= 15 is 0 Å². The average Bonchev–Trinajstić information content (AvgIpc) is 3.02. The fourth-order valence-corrected chi connectivity index (χ4v) is 6.84. The maximum absolute atomic E-state index is 13.0. The lowest BCUT2D eigenvalue weighted by Crippen LogP contribution is -2.62. The van der Waals surface area contributed by atoms with Crippen molar-refractivity contribution in [1.29, 1.82) is 0 Å². The van der Waals surface area contributed by atoms with E-state index in [1.165, 1.54) is 40.9 Å². The lowest BCUT2D eigenvalue weighted by molar-refractivity contribution is -0.384. The van der Waals surface area contributed by atoms with Gasteiger partial charge in [-0.2, -0.15) is 0 Å². The number of benzene rings is 1. The van der Waals surface area contributed by atoms with Crippen LogP contribution in [0.3, 0.4) is 0 Å². The first-order chi connectivity index (χ1) is 15.2. The van der Waals surface area contributed by atoms with Gasteiger partial charge in [0, 0.05) is 23.5 Å². The number of thioether (sulfide) groups is 1. The smallest absolute Gasteiger partial charge is 0.353 e. The number of aliphatic carboxylic acids is 1. The predicted octanol–water partition coefficient (Wildman–Crippen LogP) is 3.74. The first-order valence-electron chi connectivity index (χ1n) is 10.7. The van der Waals surface area contributed by atoms with Gasteiger partial charge in [-0.1, -0.05) is 44.7 Å². The van der Waals surface area contributed by atoms with E-state index < -0.39 is 36.6 Å². The number of nitrogens with zero attached hydrogens (tertiary/aromatic N) is 2. The molecule has 2 aliphatic rings. The predicted molar refractivity (Wildman–Crippen MR) is 127 cm³/mol. The van der Waals surface area contributed by atoms with Gasteiger partial charge >= 0.3 is 5.97 Å². The number of fused-ring (bicyclic) bond motifs is 1. The number of amides is 1. The largest absolute Gasteiger partial charge is 0.477 e. The molecule has 2 aliphatic heterocycles. The van der Waals surface area contributed by atoms with Crippen LogP contribution in [0.25, 0.3) is 0 Å². The summed E-state index contributed by atoms with van der Waals surface area (Å²) in [6, 6.07) is 5.73.